The minimum atomic E-state index is -1.34. The number of carbonyl (C=O) groups is 2. The zero-order chi connectivity index (χ0) is 12.6. The SMILES string of the molecule is O=C(CC(O)/C=C/CS)N[C@H](CO)C(=O)O. The smallest absolute Gasteiger partial charge is 0.328 e. The van der Waals surface area contributed by atoms with E-state index in [1.807, 2.05) is 0 Å². The molecule has 0 heterocycles. The summed E-state index contributed by atoms with van der Waals surface area (Å²) >= 11 is 3.87. The summed E-state index contributed by atoms with van der Waals surface area (Å²) in [6.45, 7) is -0.691. The van der Waals surface area contributed by atoms with Gasteiger partial charge in [0.05, 0.1) is 19.1 Å². The van der Waals surface area contributed by atoms with Crippen molar-refractivity contribution in [1.29, 1.82) is 0 Å². The van der Waals surface area contributed by atoms with Gasteiger partial charge in [-0.2, -0.15) is 12.6 Å². The van der Waals surface area contributed by atoms with E-state index < -0.39 is 30.6 Å². The van der Waals surface area contributed by atoms with E-state index in [9.17, 15) is 14.7 Å². The lowest BCUT2D eigenvalue weighted by molar-refractivity contribution is -0.143. The third-order valence-corrected chi connectivity index (χ3v) is 1.88. The number of rotatable bonds is 7. The molecule has 0 aliphatic carbocycles. The maximum atomic E-state index is 11.2. The highest BCUT2D eigenvalue weighted by Gasteiger charge is 2.19. The van der Waals surface area contributed by atoms with E-state index in [4.69, 9.17) is 10.2 Å². The molecule has 0 aliphatic heterocycles. The van der Waals surface area contributed by atoms with Crippen LogP contribution >= 0.6 is 12.6 Å². The Hall–Kier alpha value is -1.05. The highest BCUT2D eigenvalue weighted by molar-refractivity contribution is 7.80. The van der Waals surface area contributed by atoms with Crippen LogP contribution in [0.3, 0.4) is 0 Å². The zero-order valence-electron chi connectivity index (χ0n) is 8.54. The maximum absolute atomic E-state index is 11.2. The molecule has 0 aromatic carbocycles. The van der Waals surface area contributed by atoms with Crippen molar-refractivity contribution in [3.05, 3.63) is 12.2 Å². The molecule has 0 saturated carbocycles. The Morgan fingerprint density at radius 1 is 1.44 bits per heavy atom. The van der Waals surface area contributed by atoms with E-state index in [-0.39, 0.29) is 6.42 Å². The summed E-state index contributed by atoms with van der Waals surface area (Å²) in [6, 6.07) is -1.34. The van der Waals surface area contributed by atoms with Gasteiger partial charge < -0.3 is 20.6 Å². The van der Waals surface area contributed by atoms with E-state index in [1.54, 1.807) is 6.08 Å². The molecule has 0 aromatic rings. The second-order valence-corrected chi connectivity index (χ2v) is 3.39. The highest BCUT2D eigenvalue weighted by Crippen LogP contribution is 1.95. The lowest BCUT2D eigenvalue weighted by atomic mass is 10.2. The third kappa shape index (κ3) is 6.44. The van der Waals surface area contributed by atoms with Crippen molar-refractivity contribution in [1.82, 2.24) is 5.32 Å². The molecule has 1 unspecified atom stereocenters. The first-order chi connectivity index (χ1) is 7.51. The van der Waals surface area contributed by atoms with Crippen molar-refractivity contribution in [3.8, 4) is 0 Å². The van der Waals surface area contributed by atoms with Gasteiger partial charge >= 0.3 is 5.97 Å². The van der Waals surface area contributed by atoms with Gasteiger partial charge in [-0.25, -0.2) is 4.79 Å². The van der Waals surface area contributed by atoms with Crippen LogP contribution in [0.15, 0.2) is 12.2 Å². The van der Waals surface area contributed by atoms with Crippen molar-refractivity contribution in [2.75, 3.05) is 12.4 Å². The molecule has 0 radical (unpaired) electrons. The fraction of sp³-hybridized carbons (Fsp3) is 0.556. The normalized spacial score (nSPS) is 14.7. The topological polar surface area (TPSA) is 107 Å². The van der Waals surface area contributed by atoms with E-state index >= 15 is 0 Å². The third-order valence-electron chi connectivity index (χ3n) is 1.67. The molecule has 0 bridgehead atoms. The first-order valence-corrected chi connectivity index (χ1v) is 5.23. The predicted octanol–water partition coefficient (Wildman–Crippen LogP) is -1.21. The average Bonchev–Trinajstić information content (AvgIpc) is 2.22. The molecule has 7 heteroatoms. The molecule has 16 heavy (non-hydrogen) atoms. The minimum absolute atomic E-state index is 0.256. The number of aliphatic hydroxyl groups excluding tert-OH is 2. The summed E-state index contributed by atoms with van der Waals surface area (Å²) in [4.78, 5) is 21.7. The Morgan fingerprint density at radius 2 is 2.06 bits per heavy atom. The Kier molecular flexibility index (Phi) is 7.61. The maximum Gasteiger partial charge on any atom is 0.328 e. The van der Waals surface area contributed by atoms with Gasteiger partial charge in [-0.3, -0.25) is 4.79 Å². The number of carboxylic acids is 1. The molecule has 0 spiro atoms. The largest absolute Gasteiger partial charge is 0.480 e. The molecule has 0 rings (SSSR count). The number of aliphatic carboxylic acids is 1. The second kappa shape index (κ2) is 8.14. The van der Waals surface area contributed by atoms with Crippen LogP contribution in [-0.4, -0.2) is 51.7 Å². The minimum Gasteiger partial charge on any atom is -0.480 e. The van der Waals surface area contributed by atoms with Crippen molar-refractivity contribution < 1.29 is 24.9 Å². The van der Waals surface area contributed by atoms with Gasteiger partial charge in [-0.15, -0.1) is 0 Å². The fourth-order valence-electron chi connectivity index (χ4n) is 0.915. The first kappa shape index (κ1) is 14.9. The van der Waals surface area contributed by atoms with Gasteiger partial charge in [0.2, 0.25) is 5.91 Å². The number of carboxylic acid groups (broad SMARTS) is 1. The van der Waals surface area contributed by atoms with Crippen LogP contribution in [0.1, 0.15) is 6.42 Å². The van der Waals surface area contributed by atoms with Crippen LogP contribution in [0, 0.1) is 0 Å². The summed E-state index contributed by atoms with van der Waals surface area (Å²) in [5, 5.41) is 28.5. The summed E-state index contributed by atoms with van der Waals surface area (Å²) in [5.74, 6) is -1.53. The average molecular weight is 249 g/mol. The number of carbonyl (C=O) groups excluding carboxylic acids is 1. The number of nitrogens with one attached hydrogen (secondary N) is 1. The monoisotopic (exact) mass is 249 g/mol. The molecule has 1 amide bonds. The summed E-state index contributed by atoms with van der Waals surface area (Å²) in [7, 11) is 0. The van der Waals surface area contributed by atoms with Crippen LogP contribution in [0.2, 0.25) is 0 Å². The number of hydrogen-bond donors (Lipinski definition) is 5. The van der Waals surface area contributed by atoms with Gasteiger partial charge in [-0.1, -0.05) is 12.2 Å². The van der Waals surface area contributed by atoms with Crippen molar-refractivity contribution >= 4 is 24.5 Å². The van der Waals surface area contributed by atoms with Crippen molar-refractivity contribution in [2.24, 2.45) is 0 Å². The van der Waals surface area contributed by atoms with E-state index in [2.05, 4.69) is 17.9 Å². The standard InChI is InChI=1S/C9H15NO5S/c11-5-7(9(14)15)10-8(13)4-6(12)2-1-3-16/h1-2,6-7,11-12,16H,3-5H2,(H,10,13)(H,14,15)/b2-1+/t6?,7-/m1/s1. The number of aliphatic hydroxyl groups is 2. The molecule has 0 aromatic heterocycles. The summed E-state index contributed by atoms with van der Waals surface area (Å²) < 4.78 is 0. The predicted molar refractivity (Wildman–Crippen MR) is 60.3 cm³/mol. The molecule has 2 atom stereocenters. The van der Waals surface area contributed by atoms with Crippen LogP contribution in [0.5, 0.6) is 0 Å². The van der Waals surface area contributed by atoms with Crippen LogP contribution in [0.4, 0.5) is 0 Å². The zero-order valence-corrected chi connectivity index (χ0v) is 9.43. The molecule has 0 aliphatic rings. The fourth-order valence-corrected chi connectivity index (χ4v) is 1.04. The Bertz CT molecular complexity index is 269. The van der Waals surface area contributed by atoms with Crippen LogP contribution < -0.4 is 5.32 Å². The van der Waals surface area contributed by atoms with Crippen molar-refractivity contribution in [2.45, 2.75) is 18.6 Å². The number of thiol groups is 1. The van der Waals surface area contributed by atoms with E-state index in [1.165, 1.54) is 6.08 Å². The molecular weight excluding hydrogens is 234 g/mol. The van der Waals surface area contributed by atoms with Crippen molar-refractivity contribution in [3.63, 3.8) is 0 Å². The van der Waals surface area contributed by atoms with Gasteiger partial charge in [0.25, 0.3) is 0 Å². The molecule has 6 nitrogen and oxygen atoms in total. The Labute approximate surface area is 98.4 Å². The number of amides is 1. The van der Waals surface area contributed by atoms with Crippen LogP contribution in [0.25, 0.3) is 0 Å². The van der Waals surface area contributed by atoms with E-state index in [0.29, 0.717) is 5.75 Å². The molecular formula is C9H15NO5S. The van der Waals surface area contributed by atoms with Gasteiger partial charge in [0, 0.05) is 5.75 Å². The lowest BCUT2D eigenvalue weighted by Gasteiger charge is -2.12. The molecule has 0 fully saturated rings. The number of hydrogen-bond acceptors (Lipinski definition) is 5. The summed E-state index contributed by atoms with van der Waals surface area (Å²) in [5.41, 5.74) is 0. The van der Waals surface area contributed by atoms with Gasteiger partial charge in [0.15, 0.2) is 0 Å². The van der Waals surface area contributed by atoms with Gasteiger partial charge in [0.1, 0.15) is 6.04 Å². The van der Waals surface area contributed by atoms with E-state index in [0.717, 1.165) is 0 Å². The quantitative estimate of drug-likeness (QED) is 0.287. The van der Waals surface area contributed by atoms with Crippen LogP contribution in [-0.2, 0) is 9.59 Å². The molecule has 4 N–H and O–H groups in total. The lowest BCUT2D eigenvalue weighted by Crippen LogP contribution is -2.44. The van der Waals surface area contributed by atoms with Gasteiger partial charge in [-0.05, 0) is 0 Å². The Balaban J connectivity index is 4.06. The second-order valence-electron chi connectivity index (χ2n) is 3.02. The molecule has 0 saturated heterocycles. The Morgan fingerprint density at radius 3 is 2.50 bits per heavy atom. The molecule has 92 valence electrons. The summed E-state index contributed by atoms with van der Waals surface area (Å²) in [6.07, 6.45) is 1.72. The first-order valence-electron chi connectivity index (χ1n) is 4.59. The highest BCUT2D eigenvalue weighted by atomic mass is 32.1.